The fourth-order valence-corrected chi connectivity index (χ4v) is 1.42. The van der Waals surface area contributed by atoms with Gasteiger partial charge in [-0.2, -0.15) is 0 Å². The van der Waals surface area contributed by atoms with Crippen LogP contribution < -0.4 is 0 Å². The standard InChI is InChI=1S/C10H15NO5/c1-7(6-15-2)5-10(14)16-11-8(12)3-4-9(11)13/h7H,3-6H2,1-2H3. The molecule has 1 fully saturated rings. The molecular formula is C10H15NO5. The minimum Gasteiger partial charge on any atom is -0.384 e. The Morgan fingerprint density at radius 1 is 1.38 bits per heavy atom. The maximum atomic E-state index is 11.4. The van der Waals surface area contributed by atoms with Crippen molar-refractivity contribution >= 4 is 17.8 Å². The molecule has 0 saturated carbocycles. The fraction of sp³-hybridized carbons (Fsp3) is 0.700. The molecule has 6 nitrogen and oxygen atoms in total. The summed E-state index contributed by atoms with van der Waals surface area (Å²) in [6, 6.07) is 0. The molecular weight excluding hydrogens is 214 g/mol. The Bertz CT molecular complexity index is 286. The molecule has 0 aromatic heterocycles. The van der Waals surface area contributed by atoms with Crippen LogP contribution in [0.2, 0.25) is 0 Å². The molecule has 0 aromatic rings. The highest BCUT2D eigenvalue weighted by Gasteiger charge is 2.32. The van der Waals surface area contributed by atoms with Gasteiger partial charge in [0.25, 0.3) is 11.8 Å². The van der Waals surface area contributed by atoms with Crippen LogP contribution in [0, 0.1) is 5.92 Å². The number of imide groups is 1. The molecule has 90 valence electrons. The molecule has 1 saturated heterocycles. The maximum Gasteiger partial charge on any atom is 0.333 e. The van der Waals surface area contributed by atoms with Crippen LogP contribution in [-0.4, -0.2) is 36.6 Å². The second-order valence-electron chi connectivity index (χ2n) is 3.81. The van der Waals surface area contributed by atoms with Gasteiger partial charge in [0.2, 0.25) is 0 Å². The molecule has 1 aliphatic rings. The molecule has 1 rings (SSSR count). The van der Waals surface area contributed by atoms with Gasteiger partial charge in [0.15, 0.2) is 0 Å². The van der Waals surface area contributed by atoms with Crippen LogP contribution in [0.4, 0.5) is 0 Å². The maximum absolute atomic E-state index is 11.4. The minimum atomic E-state index is -0.590. The quantitative estimate of drug-likeness (QED) is 0.632. The summed E-state index contributed by atoms with van der Waals surface area (Å²) in [6.07, 6.45) is 0.338. The van der Waals surface area contributed by atoms with Crippen molar-refractivity contribution in [2.75, 3.05) is 13.7 Å². The summed E-state index contributed by atoms with van der Waals surface area (Å²) >= 11 is 0. The van der Waals surface area contributed by atoms with Crippen molar-refractivity contribution in [1.82, 2.24) is 5.06 Å². The van der Waals surface area contributed by atoms with Crippen LogP contribution in [0.15, 0.2) is 0 Å². The first kappa shape index (κ1) is 12.6. The molecule has 6 heteroatoms. The van der Waals surface area contributed by atoms with Crippen LogP contribution >= 0.6 is 0 Å². The predicted molar refractivity (Wildman–Crippen MR) is 52.8 cm³/mol. The molecule has 0 spiro atoms. The van der Waals surface area contributed by atoms with Crippen molar-refractivity contribution in [2.24, 2.45) is 5.92 Å². The molecule has 16 heavy (non-hydrogen) atoms. The number of hydroxylamine groups is 2. The van der Waals surface area contributed by atoms with E-state index in [-0.39, 0.29) is 25.2 Å². The van der Waals surface area contributed by atoms with E-state index >= 15 is 0 Å². The Morgan fingerprint density at radius 3 is 2.44 bits per heavy atom. The molecule has 1 aliphatic heterocycles. The fourth-order valence-electron chi connectivity index (χ4n) is 1.42. The van der Waals surface area contributed by atoms with Crippen molar-refractivity contribution in [3.63, 3.8) is 0 Å². The highest BCUT2D eigenvalue weighted by atomic mass is 16.7. The lowest BCUT2D eigenvalue weighted by atomic mass is 10.1. The number of rotatable bonds is 5. The summed E-state index contributed by atoms with van der Waals surface area (Å²) in [4.78, 5) is 38.3. The van der Waals surface area contributed by atoms with Gasteiger partial charge in [-0.1, -0.05) is 6.92 Å². The van der Waals surface area contributed by atoms with Gasteiger partial charge in [-0.15, -0.1) is 5.06 Å². The lowest BCUT2D eigenvalue weighted by Crippen LogP contribution is -2.32. The van der Waals surface area contributed by atoms with E-state index in [4.69, 9.17) is 9.57 Å². The number of nitrogens with zero attached hydrogens (tertiary/aromatic N) is 1. The largest absolute Gasteiger partial charge is 0.384 e. The van der Waals surface area contributed by atoms with Crippen molar-refractivity contribution in [1.29, 1.82) is 0 Å². The van der Waals surface area contributed by atoms with Crippen molar-refractivity contribution in [3.8, 4) is 0 Å². The topological polar surface area (TPSA) is 72.9 Å². The van der Waals surface area contributed by atoms with Gasteiger partial charge in [-0.3, -0.25) is 9.59 Å². The second-order valence-corrected chi connectivity index (χ2v) is 3.81. The zero-order chi connectivity index (χ0) is 12.1. The Balaban J connectivity index is 2.39. The summed E-state index contributed by atoms with van der Waals surface area (Å²) in [5, 5.41) is 0.557. The normalized spacial score (nSPS) is 17.8. The van der Waals surface area contributed by atoms with Crippen LogP contribution in [0.5, 0.6) is 0 Å². The summed E-state index contributed by atoms with van der Waals surface area (Å²) in [6.45, 7) is 2.25. The van der Waals surface area contributed by atoms with Crippen LogP contribution in [0.1, 0.15) is 26.2 Å². The summed E-state index contributed by atoms with van der Waals surface area (Å²) < 4.78 is 4.86. The van der Waals surface area contributed by atoms with Gasteiger partial charge < -0.3 is 9.57 Å². The van der Waals surface area contributed by atoms with Crippen molar-refractivity contribution in [3.05, 3.63) is 0 Å². The second kappa shape index (κ2) is 5.60. The van der Waals surface area contributed by atoms with E-state index in [2.05, 4.69) is 0 Å². The first-order chi connectivity index (χ1) is 7.54. The Morgan fingerprint density at radius 2 is 1.94 bits per heavy atom. The van der Waals surface area contributed by atoms with E-state index in [9.17, 15) is 14.4 Å². The number of methoxy groups -OCH3 is 1. The molecule has 1 unspecified atom stereocenters. The third-order valence-corrected chi connectivity index (χ3v) is 2.17. The molecule has 0 aliphatic carbocycles. The smallest absolute Gasteiger partial charge is 0.333 e. The number of carbonyl (C=O) groups excluding carboxylic acids is 3. The number of carbonyl (C=O) groups is 3. The number of ether oxygens (including phenoxy) is 1. The van der Waals surface area contributed by atoms with Gasteiger partial charge in [-0.05, 0) is 5.92 Å². The summed E-state index contributed by atoms with van der Waals surface area (Å²) in [5.41, 5.74) is 0. The third-order valence-electron chi connectivity index (χ3n) is 2.17. The lowest BCUT2D eigenvalue weighted by Gasteiger charge is -2.14. The van der Waals surface area contributed by atoms with E-state index < -0.39 is 17.8 Å². The van der Waals surface area contributed by atoms with Crippen molar-refractivity contribution in [2.45, 2.75) is 26.2 Å². The van der Waals surface area contributed by atoms with Gasteiger partial charge in [0, 0.05) is 26.6 Å². The number of hydrogen-bond donors (Lipinski definition) is 0. The average molecular weight is 229 g/mol. The molecule has 0 N–H and O–H groups in total. The van der Waals surface area contributed by atoms with Gasteiger partial charge >= 0.3 is 5.97 Å². The highest BCUT2D eigenvalue weighted by Crippen LogP contribution is 2.13. The molecule has 0 radical (unpaired) electrons. The van der Waals surface area contributed by atoms with E-state index in [0.717, 1.165) is 0 Å². The first-order valence-electron chi connectivity index (χ1n) is 5.10. The Kier molecular flexibility index (Phi) is 4.42. The monoisotopic (exact) mass is 229 g/mol. The Hall–Kier alpha value is -1.43. The average Bonchev–Trinajstić information content (AvgIpc) is 2.49. The zero-order valence-electron chi connectivity index (χ0n) is 9.39. The molecule has 0 aromatic carbocycles. The minimum absolute atomic E-state index is 0.00897. The summed E-state index contributed by atoms with van der Waals surface area (Å²) in [7, 11) is 1.54. The van der Waals surface area contributed by atoms with Gasteiger partial charge in [-0.25, -0.2) is 4.79 Å². The van der Waals surface area contributed by atoms with Gasteiger partial charge in [0.05, 0.1) is 6.42 Å². The van der Waals surface area contributed by atoms with Crippen molar-refractivity contribution < 1.29 is 24.0 Å². The predicted octanol–water partition coefficient (Wildman–Crippen LogP) is 0.266. The lowest BCUT2D eigenvalue weighted by molar-refractivity contribution is -0.198. The van der Waals surface area contributed by atoms with Crippen LogP contribution in [0.25, 0.3) is 0 Å². The summed E-state index contributed by atoms with van der Waals surface area (Å²) in [5.74, 6) is -1.52. The molecule has 1 atom stereocenters. The number of hydrogen-bond acceptors (Lipinski definition) is 5. The highest BCUT2D eigenvalue weighted by molar-refractivity contribution is 6.01. The van der Waals surface area contributed by atoms with E-state index in [0.29, 0.717) is 11.7 Å². The number of amides is 2. The van der Waals surface area contributed by atoms with E-state index in [1.807, 2.05) is 6.92 Å². The third kappa shape index (κ3) is 3.30. The first-order valence-corrected chi connectivity index (χ1v) is 5.10. The van der Waals surface area contributed by atoms with E-state index in [1.165, 1.54) is 7.11 Å². The molecule has 1 heterocycles. The molecule has 0 bridgehead atoms. The molecule has 2 amide bonds. The van der Waals surface area contributed by atoms with Gasteiger partial charge in [0.1, 0.15) is 0 Å². The van der Waals surface area contributed by atoms with Crippen LogP contribution in [-0.2, 0) is 24.0 Å². The van der Waals surface area contributed by atoms with E-state index in [1.54, 1.807) is 0 Å². The SMILES string of the molecule is COCC(C)CC(=O)ON1C(=O)CCC1=O. The van der Waals surface area contributed by atoms with Crippen LogP contribution in [0.3, 0.4) is 0 Å². The Labute approximate surface area is 93.4 Å². The zero-order valence-corrected chi connectivity index (χ0v) is 9.39.